The minimum absolute atomic E-state index is 0.0537. The van der Waals surface area contributed by atoms with E-state index in [4.69, 9.17) is 0 Å². The van der Waals surface area contributed by atoms with Crippen LogP contribution in [0.3, 0.4) is 0 Å². The average Bonchev–Trinajstić information content (AvgIpc) is 3.69. The summed E-state index contributed by atoms with van der Waals surface area (Å²) in [6.07, 6.45) is 4.51. The van der Waals surface area contributed by atoms with E-state index in [-0.39, 0.29) is 59.9 Å². The van der Waals surface area contributed by atoms with Gasteiger partial charge >= 0.3 is 0 Å². The van der Waals surface area contributed by atoms with Crippen LogP contribution in [0.25, 0.3) is 0 Å². The molecule has 3 aliphatic rings. The first-order valence-electron chi connectivity index (χ1n) is 15.6. The van der Waals surface area contributed by atoms with Gasteiger partial charge in [0.25, 0.3) is 11.8 Å². The zero-order valence-corrected chi connectivity index (χ0v) is 25.7. The van der Waals surface area contributed by atoms with Crippen LogP contribution in [0.1, 0.15) is 50.7 Å². The Balaban J connectivity index is 1.47. The molecule has 2 aromatic carbocycles. The molecule has 1 saturated carbocycles. The zero-order valence-electron chi connectivity index (χ0n) is 25.7. The molecule has 2 N–H and O–H groups in total. The molecule has 44 heavy (non-hydrogen) atoms. The summed E-state index contributed by atoms with van der Waals surface area (Å²) >= 11 is 0. The first-order chi connectivity index (χ1) is 21.0. The number of amides is 3. The maximum atomic E-state index is 15.1. The largest absolute Gasteiger partial charge is 0.387 e. The molecular formula is C35H43F2N3O4. The fraction of sp³-hybridized carbons (Fsp3) is 0.514. The second-order valence-electron chi connectivity index (χ2n) is 13.8. The monoisotopic (exact) mass is 607 g/mol. The van der Waals surface area contributed by atoms with Gasteiger partial charge in [0.05, 0.1) is 0 Å². The molecule has 5 unspecified atom stereocenters. The number of aliphatic hydroxyl groups excluding tert-OH is 1. The lowest BCUT2D eigenvalue weighted by Gasteiger charge is -2.47. The number of hydrogen-bond donors (Lipinski definition) is 2. The number of rotatable bonds is 10. The van der Waals surface area contributed by atoms with E-state index in [1.165, 1.54) is 29.2 Å². The van der Waals surface area contributed by atoms with Crippen LogP contribution < -0.4 is 5.32 Å². The summed E-state index contributed by atoms with van der Waals surface area (Å²) in [5.74, 6) is -2.26. The second-order valence-corrected chi connectivity index (χ2v) is 13.8. The van der Waals surface area contributed by atoms with E-state index in [0.29, 0.717) is 38.0 Å². The van der Waals surface area contributed by atoms with Gasteiger partial charge in [0, 0.05) is 44.4 Å². The highest BCUT2D eigenvalue weighted by molar-refractivity contribution is 6.12. The quantitative estimate of drug-likeness (QED) is 0.393. The topological polar surface area (TPSA) is 90.0 Å². The molecule has 1 aliphatic carbocycles. The van der Waals surface area contributed by atoms with Gasteiger partial charge in [-0.25, -0.2) is 8.78 Å². The predicted octanol–water partition coefficient (Wildman–Crippen LogP) is 4.31. The van der Waals surface area contributed by atoms with E-state index < -0.39 is 23.7 Å². The Morgan fingerprint density at radius 2 is 1.68 bits per heavy atom. The first-order valence-corrected chi connectivity index (χ1v) is 15.6. The lowest BCUT2D eigenvalue weighted by Crippen LogP contribution is -2.55. The number of benzene rings is 2. The molecule has 5 rings (SSSR count). The number of carbonyl (C=O) groups excluding carboxylic acids is 3. The van der Waals surface area contributed by atoms with Crippen LogP contribution in [-0.4, -0.2) is 71.5 Å². The highest BCUT2D eigenvalue weighted by Gasteiger charge is 2.48. The summed E-state index contributed by atoms with van der Waals surface area (Å²) in [6.45, 7) is 7.41. The number of hydrogen-bond acceptors (Lipinski definition) is 5. The van der Waals surface area contributed by atoms with E-state index >= 15 is 4.39 Å². The van der Waals surface area contributed by atoms with Crippen LogP contribution in [0.4, 0.5) is 8.78 Å². The van der Waals surface area contributed by atoms with Gasteiger partial charge in [-0.1, -0.05) is 51.1 Å². The van der Waals surface area contributed by atoms with Crippen LogP contribution in [0.5, 0.6) is 0 Å². The molecule has 3 amide bonds. The molecule has 0 aromatic heterocycles. The normalized spacial score (nSPS) is 26.0. The van der Waals surface area contributed by atoms with E-state index in [9.17, 15) is 23.9 Å². The minimum atomic E-state index is -0.650. The van der Waals surface area contributed by atoms with Crippen molar-refractivity contribution in [3.8, 4) is 0 Å². The second kappa shape index (κ2) is 13.3. The third-order valence-electron chi connectivity index (χ3n) is 9.80. The van der Waals surface area contributed by atoms with Gasteiger partial charge in [0.2, 0.25) is 5.91 Å². The molecule has 0 bridgehead atoms. The zero-order chi connectivity index (χ0) is 31.6. The van der Waals surface area contributed by atoms with Crippen molar-refractivity contribution < 1.29 is 28.3 Å². The molecule has 0 spiro atoms. The molecular weight excluding hydrogens is 564 g/mol. The Morgan fingerprint density at radius 3 is 2.34 bits per heavy atom. The number of imide groups is 1. The van der Waals surface area contributed by atoms with Crippen molar-refractivity contribution in [3.05, 3.63) is 83.4 Å². The van der Waals surface area contributed by atoms with E-state index in [2.05, 4.69) is 38.2 Å². The van der Waals surface area contributed by atoms with Crippen LogP contribution >= 0.6 is 0 Å². The van der Waals surface area contributed by atoms with Gasteiger partial charge in [-0.3, -0.25) is 19.3 Å². The van der Waals surface area contributed by atoms with Crippen molar-refractivity contribution in [1.82, 2.24) is 15.1 Å². The van der Waals surface area contributed by atoms with E-state index in [1.54, 1.807) is 0 Å². The molecule has 7 nitrogen and oxygen atoms in total. The fourth-order valence-corrected chi connectivity index (χ4v) is 7.89. The Hall–Kier alpha value is -3.43. The van der Waals surface area contributed by atoms with Crippen molar-refractivity contribution >= 4 is 17.7 Å². The van der Waals surface area contributed by atoms with Gasteiger partial charge in [0.15, 0.2) is 0 Å². The maximum absolute atomic E-state index is 15.1. The number of carbonyl (C=O) groups is 3. The molecule has 236 valence electrons. The summed E-state index contributed by atoms with van der Waals surface area (Å²) in [5.41, 5.74) is 1.10. The third-order valence-corrected chi connectivity index (χ3v) is 9.80. The van der Waals surface area contributed by atoms with E-state index in [0.717, 1.165) is 18.1 Å². The van der Waals surface area contributed by atoms with Gasteiger partial charge in [-0.05, 0) is 83.6 Å². The van der Waals surface area contributed by atoms with Crippen LogP contribution in [0.15, 0.2) is 60.7 Å². The van der Waals surface area contributed by atoms with Crippen LogP contribution in [0.2, 0.25) is 0 Å². The number of nitrogens with zero attached hydrogens (tertiary/aromatic N) is 2. The highest BCUT2D eigenvalue weighted by Crippen LogP contribution is 2.50. The molecule has 2 aliphatic heterocycles. The molecule has 0 radical (unpaired) electrons. The number of nitrogens with one attached hydrogen (secondary N) is 1. The van der Waals surface area contributed by atoms with Gasteiger partial charge < -0.3 is 15.3 Å². The summed E-state index contributed by atoms with van der Waals surface area (Å²) in [7, 11) is 0. The van der Waals surface area contributed by atoms with Crippen molar-refractivity contribution in [2.45, 2.75) is 52.0 Å². The number of halogens is 2. The lowest BCUT2D eigenvalue weighted by molar-refractivity contribution is -0.143. The molecule has 6 atom stereocenters. The summed E-state index contributed by atoms with van der Waals surface area (Å²) in [5, 5.41) is 13.6. The van der Waals surface area contributed by atoms with Gasteiger partial charge in [-0.15, -0.1) is 0 Å². The van der Waals surface area contributed by atoms with Gasteiger partial charge in [0.1, 0.15) is 18.2 Å². The SMILES string of the molecule is CC(C)(C)[C@H](C1CC(c2cc(F)ccc2F)CC1Cc1ccccc1)N(CC1CNCC1CN1C(=O)C=CC1=O)C(=O)CO. The summed E-state index contributed by atoms with van der Waals surface area (Å²) in [6, 6.07) is 13.4. The number of aliphatic hydroxyl groups is 1. The highest BCUT2D eigenvalue weighted by atomic mass is 19.1. The van der Waals surface area contributed by atoms with Crippen LogP contribution in [-0.2, 0) is 20.8 Å². The Morgan fingerprint density at radius 1 is 1.00 bits per heavy atom. The van der Waals surface area contributed by atoms with Gasteiger partial charge in [-0.2, -0.15) is 0 Å². The molecule has 2 aromatic rings. The van der Waals surface area contributed by atoms with Crippen molar-refractivity contribution in [2.24, 2.45) is 29.1 Å². The Kier molecular flexibility index (Phi) is 9.65. The maximum Gasteiger partial charge on any atom is 0.253 e. The third kappa shape index (κ3) is 6.94. The Bertz CT molecular complexity index is 1370. The summed E-state index contributed by atoms with van der Waals surface area (Å²) < 4.78 is 29.4. The molecule has 2 heterocycles. The first kappa shape index (κ1) is 32.0. The van der Waals surface area contributed by atoms with Crippen molar-refractivity contribution in [3.63, 3.8) is 0 Å². The standard InChI is InChI=1S/C35H43F2N3O4/c1-35(2,3)34(40(33(44)21-41)20-26-18-38-17-25(26)19-39-31(42)11-12-32(39)43)29-15-24(28-16-27(36)9-10-30(28)37)14-23(29)13-22-7-5-4-6-8-22/h4-12,16,23-26,29,34,38,41H,13-15,17-21H2,1-3H3/t23?,24?,25?,26?,29?,34-/m0/s1. The fourth-order valence-electron chi connectivity index (χ4n) is 7.89. The average molecular weight is 608 g/mol. The van der Waals surface area contributed by atoms with Crippen molar-refractivity contribution in [1.29, 1.82) is 0 Å². The van der Waals surface area contributed by atoms with Crippen LogP contribution in [0, 0.1) is 40.7 Å². The molecule has 9 heteroatoms. The Labute approximate surface area is 258 Å². The smallest absolute Gasteiger partial charge is 0.253 e. The van der Waals surface area contributed by atoms with Crippen molar-refractivity contribution in [2.75, 3.05) is 32.8 Å². The predicted molar refractivity (Wildman–Crippen MR) is 163 cm³/mol. The lowest BCUT2D eigenvalue weighted by atomic mass is 9.72. The van der Waals surface area contributed by atoms with E-state index in [1.807, 2.05) is 23.1 Å². The summed E-state index contributed by atoms with van der Waals surface area (Å²) in [4.78, 5) is 41.3. The molecule has 1 saturated heterocycles. The minimum Gasteiger partial charge on any atom is -0.387 e. The molecule has 2 fully saturated rings.